The molecule has 0 saturated carbocycles. The van der Waals surface area contributed by atoms with Crippen molar-refractivity contribution in [2.75, 3.05) is 11.9 Å². The molecule has 1 atom stereocenters. The molecule has 0 aliphatic heterocycles. The largest absolute Gasteiger partial charge is 0.491 e. The third kappa shape index (κ3) is 7.31. The number of carbonyl (C=O) groups excluding carboxylic acids is 1. The highest BCUT2D eigenvalue weighted by molar-refractivity contribution is 5.89. The van der Waals surface area contributed by atoms with Crippen molar-refractivity contribution in [2.45, 2.75) is 53.2 Å². The van der Waals surface area contributed by atoms with E-state index in [1.165, 1.54) is 0 Å². The fourth-order valence-electron chi connectivity index (χ4n) is 2.26. The fraction of sp³-hybridized carbons (Fsp3) is 0.588. The van der Waals surface area contributed by atoms with Gasteiger partial charge in [-0.25, -0.2) is 4.79 Å². The van der Waals surface area contributed by atoms with E-state index in [0.29, 0.717) is 18.7 Å². The molecule has 0 saturated heterocycles. The Hall–Kier alpha value is -1.75. The standard InChI is InChI=1S/C17H28N2O3/c1-12(2)22-15-8-6-14(7-9-15)19-16(21)18-11-17(4,5)10-13(3)20/h6-9,12-13,20H,10-11H2,1-5H3,(H2,18,19,21). The minimum Gasteiger partial charge on any atom is -0.491 e. The highest BCUT2D eigenvalue weighted by Gasteiger charge is 2.21. The highest BCUT2D eigenvalue weighted by atomic mass is 16.5. The summed E-state index contributed by atoms with van der Waals surface area (Å²) < 4.78 is 5.55. The molecule has 1 unspecified atom stereocenters. The summed E-state index contributed by atoms with van der Waals surface area (Å²) in [6.07, 6.45) is 0.376. The maximum absolute atomic E-state index is 11.9. The number of carbonyl (C=O) groups is 1. The Morgan fingerprint density at radius 3 is 2.32 bits per heavy atom. The van der Waals surface area contributed by atoms with Gasteiger partial charge in [0.05, 0.1) is 12.2 Å². The average molecular weight is 308 g/mol. The minimum absolute atomic E-state index is 0.123. The molecule has 5 heteroatoms. The topological polar surface area (TPSA) is 70.6 Å². The van der Waals surface area contributed by atoms with Crippen molar-refractivity contribution in [3.8, 4) is 5.75 Å². The van der Waals surface area contributed by atoms with Crippen LogP contribution in [0.4, 0.5) is 10.5 Å². The molecule has 5 nitrogen and oxygen atoms in total. The zero-order chi connectivity index (χ0) is 16.8. The van der Waals surface area contributed by atoms with Crippen LogP contribution < -0.4 is 15.4 Å². The van der Waals surface area contributed by atoms with Crippen molar-refractivity contribution in [1.29, 1.82) is 0 Å². The average Bonchev–Trinajstić information content (AvgIpc) is 2.37. The van der Waals surface area contributed by atoms with Gasteiger partial charge in [-0.05, 0) is 56.9 Å². The molecule has 0 spiro atoms. The molecule has 22 heavy (non-hydrogen) atoms. The monoisotopic (exact) mass is 308 g/mol. The summed E-state index contributed by atoms with van der Waals surface area (Å²) in [6.45, 7) is 10.2. The first-order valence-electron chi connectivity index (χ1n) is 7.67. The molecule has 2 amide bonds. The third-order valence-corrected chi connectivity index (χ3v) is 3.06. The molecule has 1 aromatic carbocycles. The number of urea groups is 1. The maximum Gasteiger partial charge on any atom is 0.319 e. The maximum atomic E-state index is 11.9. The second-order valence-corrected chi connectivity index (χ2v) is 6.72. The van der Waals surface area contributed by atoms with Gasteiger partial charge in [-0.1, -0.05) is 13.8 Å². The third-order valence-electron chi connectivity index (χ3n) is 3.06. The number of aliphatic hydroxyl groups is 1. The van der Waals surface area contributed by atoms with Crippen LogP contribution in [-0.4, -0.2) is 29.9 Å². The fourth-order valence-corrected chi connectivity index (χ4v) is 2.26. The predicted molar refractivity (Wildman–Crippen MR) is 89.3 cm³/mol. The summed E-state index contributed by atoms with van der Waals surface area (Å²) in [6, 6.07) is 7.01. The highest BCUT2D eigenvalue weighted by Crippen LogP contribution is 2.21. The van der Waals surface area contributed by atoms with Gasteiger partial charge in [0.25, 0.3) is 0 Å². The van der Waals surface area contributed by atoms with Crippen LogP contribution in [0.5, 0.6) is 5.75 Å². The van der Waals surface area contributed by atoms with Crippen molar-refractivity contribution >= 4 is 11.7 Å². The molecule has 0 aliphatic rings. The Kier molecular flexibility index (Phi) is 6.68. The van der Waals surface area contributed by atoms with Crippen molar-refractivity contribution < 1.29 is 14.6 Å². The Bertz CT molecular complexity index is 467. The van der Waals surface area contributed by atoms with Gasteiger partial charge in [0.2, 0.25) is 0 Å². The van der Waals surface area contributed by atoms with E-state index in [4.69, 9.17) is 4.74 Å². The second-order valence-electron chi connectivity index (χ2n) is 6.72. The lowest BCUT2D eigenvalue weighted by Gasteiger charge is -2.26. The van der Waals surface area contributed by atoms with E-state index in [2.05, 4.69) is 10.6 Å². The molecular formula is C17H28N2O3. The van der Waals surface area contributed by atoms with Crippen LogP contribution in [0.1, 0.15) is 41.0 Å². The number of hydrogen-bond acceptors (Lipinski definition) is 3. The minimum atomic E-state index is -0.381. The Labute approximate surface area is 133 Å². The zero-order valence-electron chi connectivity index (χ0n) is 14.1. The number of ether oxygens (including phenoxy) is 1. The number of anilines is 1. The number of amides is 2. The van der Waals surface area contributed by atoms with Gasteiger partial charge in [0, 0.05) is 12.2 Å². The second kappa shape index (κ2) is 8.03. The van der Waals surface area contributed by atoms with Gasteiger partial charge < -0.3 is 20.5 Å². The van der Waals surface area contributed by atoms with Crippen molar-refractivity contribution in [1.82, 2.24) is 5.32 Å². The quantitative estimate of drug-likeness (QED) is 0.723. The number of rotatable bonds is 7. The summed E-state index contributed by atoms with van der Waals surface area (Å²) >= 11 is 0. The SMILES string of the molecule is CC(O)CC(C)(C)CNC(=O)Nc1ccc(OC(C)C)cc1. The molecule has 0 heterocycles. The predicted octanol–water partition coefficient (Wildman–Crippen LogP) is 3.39. The first kappa shape index (κ1) is 18.3. The Morgan fingerprint density at radius 1 is 1.23 bits per heavy atom. The van der Waals surface area contributed by atoms with Gasteiger partial charge >= 0.3 is 6.03 Å². The molecule has 1 rings (SSSR count). The van der Waals surface area contributed by atoms with Crippen molar-refractivity contribution in [3.63, 3.8) is 0 Å². The summed E-state index contributed by atoms with van der Waals surface area (Å²) in [5.74, 6) is 0.777. The number of hydrogen-bond donors (Lipinski definition) is 3. The molecule has 1 aromatic rings. The normalized spacial score (nSPS) is 12.9. The van der Waals surface area contributed by atoms with Gasteiger partial charge in [-0.15, -0.1) is 0 Å². The summed E-state index contributed by atoms with van der Waals surface area (Å²) in [7, 11) is 0. The smallest absolute Gasteiger partial charge is 0.319 e. The van der Waals surface area contributed by atoms with Crippen LogP contribution in [0.3, 0.4) is 0 Å². The van der Waals surface area contributed by atoms with Gasteiger partial charge in [0.15, 0.2) is 0 Å². The van der Waals surface area contributed by atoms with Crippen LogP contribution in [0.15, 0.2) is 24.3 Å². The van der Waals surface area contributed by atoms with E-state index < -0.39 is 0 Å². The summed E-state index contributed by atoms with van der Waals surface area (Å²) in [5.41, 5.74) is 0.558. The van der Waals surface area contributed by atoms with Crippen LogP contribution in [0, 0.1) is 5.41 Å². The van der Waals surface area contributed by atoms with E-state index >= 15 is 0 Å². The lowest BCUT2D eigenvalue weighted by atomic mass is 9.87. The van der Waals surface area contributed by atoms with Gasteiger partial charge in [-0.2, -0.15) is 0 Å². The molecule has 0 radical (unpaired) electrons. The lowest BCUT2D eigenvalue weighted by molar-refractivity contribution is 0.129. The van der Waals surface area contributed by atoms with Crippen LogP contribution in [0.25, 0.3) is 0 Å². The summed E-state index contributed by atoms with van der Waals surface area (Å²) in [4.78, 5) is 11.9. The van der Waals surface area contributed by atoms with Crippen molar-refractivity contribution in [3.05, 3.63) is 24.3 Å². The van der Waals surface area contributed by atoms with Crippen molar-refractivity contribution in [2.24, 2.45) is 5.41 Å². The molecule has 124 valence electrons. The van der Waals surface area contributed by atoms with Crippen LogP contribution in [-0.2, 0) is 0 Å². The number of benzene rings is 1. The van der Waals surface area contributed by atoms with E-state index in [1.807, 2.05) is 39.8 Å². The number of nitrogens with one attached hydrogen (secondary N) is 2. The molecule has 0 aromatic heterocycles. The first-order valence-corrected chi connectivity index (χ1v) is 7.67. The Balaban J connectivity index is 2.45. The van der Waals surface area contributed by atoms with E-state index in [0.717, 1.165) is 5.75 Å². The molecule has 0 bridgehead atoms. The molecular weight excluding hydrogens is 280 g/mol. The zero-order valence-corrected chi connectivity index (χ0v) is 14.1. The van der Waals surface area contributed by atoms with E-state index in [-0.39, 0.29) is 23.7 Å². The van der Waals surface area contributed by atoms with E-state index in [1.54, 1.807) is 19.1 Å². The molecule has 3 N–H and O–H groups in total. The van der Waals surface area contributed by atoms with Gasteiger partial charge in [0.1, 0.15) is 5.75 Å². The Morgan fingerprint density at radius 2 is 1.82 bits per heavy atom. The van der Waals surface area contributed by atoms with Crippen LogP contribution in [0.2, 0.25) is 0 Å². The van der Waals surface area contributed by atoms with Gasteiger partial charge in [-0.3, -0.25) is 0 Å². The lowest BCUT2D eigenvalue weighted by Crippen LogP contribution is -2.38. The van der Waals surface area contributed by atoms with E-state index in [9.17, 15) is 9.90 Å². The molecule has 0 aliphatic carbocycles. The van der Waals surface area contributed by atoms with Crippen LogP contribution >= 0.6 is 0 Å². The summed E-state index contributed by atoms with van der Waals surface area (Å²) in [5, 5.41) is 15.0. The number of aliphatic hydroxyl groups excluding tert-OH is 1. The molecule has 0 fully saturated rings. The first-order chi connectivity index (χ1) is 10.2.